The van der Waals surface area contributed by atoms with Gasteiger partial charge in [-0.3, -0.25) is 9.79 Å². The number of aryl methyl sites for hydroxylation is 2. The second kappa shape index (κ2) is 10.4. The average Bonchev–Trinajstić information content (AvgIpc) is 3.16. The molecule has 2 aromatic heterocycles. The summed E-state index contributed by atoms with van der Waals surface area (Å²) in [4.78, 5) is 29.4. The van der Waals surface area contributed by atoms with Crippen LogP contribution in [0.3, 0.4) is 0 Å². The van der Waals surface area contributed by atoms with Gasteiger partial charge in [0.15, 0.2) is 17.6 Å². The van der Waals surface area contributed by atoms with Crippen molar-refractivity contribution < 1.29 is 4.52 Å². The average molecular weight is 502 g/mol. The molecule has 0 radical (unpaired) electrons. The van der Waals surface area contributed by atoms with Crippen molar-refractivity contribution in [1.29, 1.82) is 0 Å². The van der Waals surface area contributed by atoms with Crippen LogP contribution in [0.25, 0.3) is 0 Å². The number of anilines is 1. The second-order valence-electron chi connectivity index (χ2n) is 6.32. The lowest BCUT2D eigenvalue weighted by molar-refractivity contribution is 0.369. The molecule has 3 heterocycles. The maximum atomic E-state index is 12.2. The molecule has 11 heteroatoms. The van der Waals surface area contributed by atoms with Crippen LogP contribution >= 0.6 is 24.0 Å². The van der Waals surface area contributed by atoms with Gasteiger partial charge in [0.25, 0.3) is 5.56 Å². The number of nitrogens with one attached hydrogen (secondary N) is 1. The number of hydrogen-bond acceptors (Lipinski definition) is 7. The highest BCUT2D eigenvalue weighted by molar-refractivity contribution is 14.0. The number of halogens is 1. The van der Waals surface area contributed by atoms with Crippen molar-refractivity contribution in [3.05, 3.63) is 34.5 Å². The number of hydrogen-bond donors (Lipinski definition) is 1. The van der Waals surface area contributed by atoms with Crippen LogP contribution in [0.5, 0.6) is 0 Å². The van der Waals surface area contributed by atoms with Crippen molar-refractivity contribution in [1.82, 2.24) is 29.9 Å². The third kappa shape index (κ3) is 5.20. The minimum atomic E-state index is -0.0694. The molecule has 3 rings (SSSR count). The van der Waals surface area contributed by atoms with Gasteiger partial charge in [-0.25, -0.2) is 4.98 Å². The minimum absolute atomic E-state index is 0. The fourth-order valence-electron chi connectivity index (χ4n) is 2.99. The first-order valence-corrected chi connectivity index (χ1v) is 9.16. The molecule has 10 nitrogen and oxygen atoms in total. The summed E-state index contributed by atoms with van der Waals surface area (Å²) in [5, 5.41) is 7.30. The number of nitrogens with zero attached hydrogens (tertiary/aromatic N) is 7. The van der Waals surface area contributed by atoms with E-state index in [4.69, 9.17) is 4.52 Å². The van der Waals surface area contributed by atoms with Crippen molar-refractivity contribution >= 4 is 35.8 Å². The highest BCUT2D eigenvalue weighted by Crippen LogP contribution is 2.09. The molecule has 0 atom stereocenters. The Labute approximate surface area is 181 Å². The van der Waals surface area contributed by atoms with Crippen molar-refractivity contribution in [3.8, 4) is 0 Å². The summed E-state index contributed by atoms with van der Waals surface area (Å²) < 4.78 is 6.67. The summed E-state index contributed by atoms with van der Waals surface area (Å²) in [7, 11) is 3.51. The monoisotopic (exact) mass is 502 g/mol. The molecule has 1 saturated heterocycles. The van der Waals surface area contributed by atoms with Crippen molar-refractivity contribution in [3.63, 3.8) is 0 Å². The van der Waals surface area contributed by atoms with Gasteiger partial charge >= 0.3 is 0 Å². The third-order valence-corrected chi connectivity index (χ3v) is 4.53. The molecule has 0 aromatic carbocycles. The first-order valence-electron chi connectivity index (χ1n) is 9.16. The maximum absolute atomic E-state index is 12.2. The van der Waals surface area contributed by atoms with Gasteiger partial charge in [0.2, 0.25) is 5.89 Å². The normalized spacial score (nSPS) is 14.8. The lowest BCUT2D eigenvalue weighted by Gasteiger charge is -2.36. The Balaban J connectivity index is 0.00000280. The Morgan fingerprint density at radius 2 is 2.07 bits per heavy atom. The van der Waals surface area contributed by atoms with Gasteiger partial charge in [0.05, 0.1) is 0 Å². The van der Waals surface area contributed by atoms with E-state index < -0.39 is 0 Å². The van der Waals surface area contributed by atoms with Gasteiger partial charge in [-0.15, -0.1) is 24.0 Å². The topological polar surface area (TPSA) is 105 Å². The number of guanidine groups is 1. The van der Waals surface area contributed by atoms with Gasteiger partial charge in [0, 0.05) is 72.1 Å². The third-order valence-electron chi connectivity index (χ3n) is 4.53. The lowest BCUT2D eigenvalue weighted by atomic mass is 10.3. The number of aromatic nitrogens is 4. The van der Waals surface area contributed by atoms with Crippen molar-refractivity contribution in [2.75, 3.05) is 44.7 Å². The van der Waals surface area contributed by atoms with Crippen LogP contribution in [-0.2, 0) is 19.9 Å². The van der Waals surface area contributed by atoms with E-state index in [1.807, 2.05) is 11.8 Å². The molecule has 1 aliphatic heterocycles. The van der Waals surface area contributed by atoms with Gasteiger partial charge in [-0.2, -0.15) is 4.98 Å². The molecule has 2 aromatic rings. The van der Waals surface area contributed by atoms with E-state index in [-0.39, 0.29) is 29.5 Å². The Kier molecular flexibility index (Phi) is 8.20. The van der Waals surface area contributed by atoms with Crippen LogP contribution in [0.4, 0.5) is 5.82 Å². The first kappa shape index (κ1) is 22.1. The summed E-state index contributed by atoms with van der Waals surface area (Å²) in [6, 6.07) is 0. The maximum Gasteiger partial charge on any atom is 0.293 e. The SMILES string of the molecule is CCc1nc(CCNC(=NC)N2CCN(c3nccn(C)c3=O)CC2)no1.I. The summed E-state index contributed by atoms with van der Waals surface area (Å²) in [5.74, 6) is 2.70. The fourth-order valence-corrected chi connectivity index (χ4v) is 2.99. The Morgan fingerprint density at radius 3 is 2.71 bits per heavy atom. The molecule has 154 valence electrons. The van der Waals surface area contributed by atoms with Crippen LogP contribution in [0.15, 0.2) is 26.7 Å². The van der Waals surface area contributed by atoms with Crippen LogP contribution < -0.4 is 15.8 Å². The number of aliphatic imine (C=N–C) groups is 1. The van der Waals surface area contributed by atoms with Gasteiger partial charge < -0.3 is 24.2 Å². The van der Waals surface area contributed by atoms with E-state index in [1.165, 1.54) is 0 Å². The molecule has 0 spiro atoms. The smallest absolute Gasteiger partial charge is 0.293 e. The molecule has 1 N–H and O–H groups in total. The molecule has 0 saturated carbocycles. The van der Waals surface area contributed by atoms with E-state index in [0.29, 0.717) is 30.5 Å². The van der Waals surface area contributed by atoms with Crippen LogP contribution in [0.2, 0.25) is 0 Å². The van der Waals surface area contributed by atoms with Gasteiger partial charge in [0.1, 0.15) is 0 Å². The lowest BCUT2D eigenvalue weighted by Crippen LogP contribution is -2.53. The highest BCUT2D eigenvalue weighted by atomic mass is 127. The van der Waals surface area contributed by atoms with E-state index in [9.17, 15) is 4.79 Å². The fraction of sp³-hybridized carbons (Fsp3) is 0.588. The number of rotatable bonds is 5. The minimum Gasteiger partial charge on any atom is -0.356 e. The molecule has 1 fully saturated rings. The first-order chi connectivity index (χ1) is 13.1. The zero-order chi connectivity index (χ0) is 19.2. The Morgan fingerprint density at radius 1 is 1.32 bits per heavy atom. The van der Waals surface area contributed by atoms with E-state index >= 15 is 0 Å². The molecule has 0 bridgehead atoms. The summed E-state index contributed by atoms with van der Waals surface area (Å²) in [5.41, 5.74) is -0.0694. The summed E-state index contributed by atoms with van der Waals surface area (Å²) in [6.07, 6.45) is 4.74. The molecular formula is C17H27IN8O2. The molecule has 0 amide bonds. The Bertz CT molecular complexity index is 842. The van der Waals surface area contributed by atoms with Crippen molar-refractivity contribution in [2.24, 2.45) is 12.0 Å². The molecule has 1 aliphatic rings. The predicted molar refractivity (Wildman–Crippen MR) is 117 cm³/mol. The van der Waals surface area contributed by atoms with Crippen molar-refractivity contribution in [2.45, 2.75) is 19.8 Å². The van der Waals surface area contributed by atoms with Crippen LogP contribution in [0, 0.1) is 0 Å². The summed E-state index contributed by atoms with van der Waals surface area (Å²) in [6.45, 7) is 5.63. The van der Waals surface area contributed by atoms with Gasteiger partial charge in [-0.05, 0) is 0 Å². The predicted octanol–water partition coefficient (Wildman–Crippen LogP) is 0.284. The highest BCUT2D eigenvalue weighted by Gasteiger charge is 2.22. The number of piperazine rings is 1. The van der Waals surface area contributed by atoms with Crippen LogP contribution in [-0.4, -0.2) is 70.3 Å². The van der Waals surface area contributed by atoms with Crippen LogP contribution in [0.1, 0.15) is 18.6 Å². The molecule has 28 heavy (non-hydrogen) atoms. The molecule has 0 unspecified atom stereocenters. The van der Waals surface area contributed by atoms with E-state index in [0.717, 1.165) is 38.6 Å². The van der Waals surface area contributed by atoms with Gasteiger partial charge in [-0.1, -0.05) is 12.1 Å². The molecule has 0 aliphatic carbocycles. The van der Waals surface area contributed by atoms with E-state index in [2.05, 4.69) is 30.3 Å². The molecular weight excluding hydrogens is 475 g/mol. The zero-order valence-electron chi connectivity index (χ0n) is 16.5. The zero-order valence-corrected chi connectivity index (χ0v) is 18.8. The standard InChI is InChI=1S/C17H26N8O2.HI/c1-4-14-21-13(22-27-14)5-6-20-17(18-2)25-11-9-24(10-12-25)15-16(26)23(3)8-7-19-15;/h7-8H,4-6,9-12H2,1-3H3,(H,18,20);1H. The summed E-state index contributed by atoms with van der Waals surface area (Å²) >= 11 is 0. The quantitative estimate of drug-likeness (QED) is 0.354. The largest absolute Gasteiger partial charge is 0.356 e. The van der Waals surface area contributed by atoms with E-state index in [1.54, 1.807) is 31.1 Å². The second-order valence-corrected chi connectivity index (χ2v) is 6.32. The Hall–Kier alpha value is -2.18.